The van der Waals surface area contributed by atoms with Gasteiger partial charge in [0.25, 0.3) is 5.91 Å². The van der Waals surface area contributed by atoms with Crippen molar-refractivity contribution in [2.24, 2.45) is 0 Å². The molecule has 0 saturated heterocycles. The first-order valence-electron chi connectivity index (χ1n) is 8.77. The van der Waals surface area contributed by atoms with E-state index >= 15 is 0 Å². The molecule has 2 heterocycles. The van der Waals surface area contributed by atoms with Crippen molar-refractivity contribution >= 4 is 11.9 Å². The van der Waals surface area contributed by atoms with E-state index in [4.69, 9.17) is 0 Å². The van der Waals surface area contributed by atoms with Crippen LogP contribution in [0.5, 0.6) is 0 Å². The van der Waals surface area contributed by atoms with Crippen LogP contribution in [0, 0.1) is 6.92 Å². The van der Waals surface area contributed by atoms with E-state index in [1.165, 1.54) is 0 Å². The lowest BCUT2D eigenvalue weighted by Crippen LogP contribution is -2.31. The highest BCUT2D eigenvalue weighted by Crippen LogP contribution is 2.24. The minimum Gasteiger partial charge on any atom is -0.347 e. The van der Waals surface area contributed by atoms with E-state index in [1.54, 1.807) is 18.1 Å². The molecule has 0 saturated carbocycles. The third-order valence-corrected chi connectivity index (χ3v) is 4.62. The monoisotopic (exact) mass is 364 g/mol. The van der Waals surface area contributed by atoms with Crippen LogP contribution in [0.1, 0.15) is 34.7 Å². The second-order valence-corrected chi connectivity index (χ2v) is 6.73. The molecule has 0 radical (unpaired) electrons. The topological polar surface area (TPSA) is 78.0 Å². The summed E-state index contributed by atoms with van der Waals surface area (Å²) in [6.45, 7) is 3.79. The Labute approximate surface area is 159 Å². The van der Waals surface area contributed by atoms with Crippen molar-refractivity contribution < 1.29 is 4.79 Å². The number of aromatic nitrogens is 4. The second kappa shape index (κ2) is 7.57. The molecule has 1 unspecified atom stereocenters. The molecule has 7 nitrogen and oxygen atoms in total. The molecule has 3 aromatic rings. The van der Waals surface area contributed by atoms with Crippen molar-refractivity contribution in [3.63, 3.8) is 0 Å². The Hall–Kier alpha value is -3.22. The predicted octanol–water partition coefficient (Wildman–Crippen LogP) is 3.07. The summed E-state index contributed by atoms with van der Waals surface area (Å²) in [6.07, 6.45) is 1.59. The summed E-state index contributed by atoms with van der Waals surface area (Å²) in [7, 11) is 5.51. The maximum atomic E-state index is 12.9. The Morgan fingerprint density at radius 2 is 1.85 bits per heavy atom. The SMILES string of the molecule is Cc1nc(N(C)C)ncc1C(=O)N(C)C(C)c1cc(-c2ccccc2)n[nH]1. The van der Waals surface area contributed by atoms with E-state index in [0.717, 1.165) is 17.0 Å². The van der Waals surface area contributed by atoms with Crippen molar-refractivity contribution in [1.29, 1.82) is 0 Å². The maximum absolute atomic E-state index is 12.9. The second-order valence-electron chi connectivity index (χ2n) is 6.73. The standard InChI is InChI=1S/C20H24N6O/c1-13-16(12-21-20(22-13)25(3)4)19(27)26(5)14(2)17-11-18(24-23-17)15-9-7-6-8-10-15/h6-12,14H,1-5H3,(H,23,24). The summed E-state index contributed by atoms with van der Waals surface area (Å²) >= 11 is 0. The van der Waals surface area contributed by atoms with Gasteiger partial charge in [-0.25, -0.2) is 9.97 Å². The number of benzene rings is 1. The van der Waals surface area contributed by atoms with E-state index < -0.39 is 0 Å². The number of anilines is 1. The van der Waals surface area contributed by atoms with E-state index in [0.29, 0.717) is 17.2 Å². The molecule has 0 aliphatic carbocycles. The van der Waals surface area contributed by atoms with Crippen LogP contribution in [0.15, 0.2) is 42.6 Å². The highest BCUT2D eigenvalue weighted by molar-refractivity contribution is 5.95. The zero-order valence-corrected chi connectivity index (χ0v) is 16.3. The normalized spacial score (nSPS) is 11.9. The zero-order valence-electron chi connectivity index (χ0n) is 16.3. The van der Waals surface area contributed by atoms with Gasteiger partial charge in [-0.15, -0.1) is 0 Å². The van der Waals surface area contributed by atoms with Gasteiger partial charge in [0.15, 0.2) is 0 Å². The summed E-state index contributed by atoms with van der Waals surface area (Å²) in [6, 6.07) is 11.7. The van der Waals surface area contributed by atoms with Crippen LogP contribution in [0.2, 0.25) is 0 Å². The molecule has 140 valence electrons. The lowest BCUT2D eigenvalue weighted by atomic mass is 10.1. The van der Waals surface area contributed by atoms with Crippen molar-refractivity contribution in [2.75, 3.05) is 26.0 Å². The maximum Gasteiger partial charge on any atom is 0.257 e. The fourth-order valence-electron chi connectivity index (χ4n) is 2.76. The van der Waals surface area contributed by atoms with Crippen LogP contribution in [0.25, 0.3) is 11.3 Å². The predicted molar refractivity (Wildman–Crippen MR) is 106 cm³/mol. The average Bonchev–Trinajstić information content (AvgIpc) is 3.17. The number of aromatic amines is 1. The van der Waals surface area contributed by atoms with Gasteiger partial charge in [0.1, 0.15) is 0 Å². The van der Waals surface area contributed by atoms with Crippen molar-refractivity contribution in [1.82, 2.24) is 25.1 Å². The minimum atomic E-state index is -0.171. The first-order valence-corrected chi connectivity index (χ1v) is 8.77. The molecule has 27 heavy (non-hydrogen) atoms. The molecule has 3 rings (SSSR count). The Bertz CT molecular complexity index is 935. The Kier molecular flexibility index (Phi) is 5.21. The van der Waals surface area contributed by atoms with Crippen LogP contribution < -0.4 is 4.90 Å². The number of rotatable bonds is 5. The highest BCUT2D eigenvalue weighted by Gasteiger charge is 2.23. The summed E-state index contributed by atoms with van der Waals surface area (Å²) in [5.41, 5.74) is 3.91. The molecular weight excluding hydrogens is 340 g/mol. The molecular formula is C20H24N6O. The minimum absolute atomic E-state index is 0.124. The zero-order chi connectivity index (χ0) is 19.6. The number of carbonyl (C=O) groups excluding carboxylic acids is 1. The molecule has 1 atom stereocenters. The fraction of sp³-hybridized carbons (Fsp3) is 0.300. The van der Waals surface area contributed by atoms with Gasteiger partial charge in [-0.3, -0.25) is 9.89 Å². The summed E-state index contributed by atoms with van der Waals surface area (Å²) < 4.78 is 0. The van der Waals surface area contributed by atoms with E-state index in [2.05, 4.69) is 20.2 Å². The quantitative estimate of drug-likeness (QED) is 0.753. The Balaban J connectivity index is 1.80. The molecule has 1 amide bonds. The summed E-state index contributed by atoms with van der Waals surface area (Å²) in [5, 5.41) is 7.43. The first-order chi connectivity index (χ1) is 12.9. The molecule has 2 aromatic heterocycles. The van der Waals surface area contributed by atoms with Crippen LogP contribution >= 0.6 is 0 Å². The number of nitrogens with one attached hydrogen (secondary N) is 1. The number of H-pyrrole nitrogens is 1. The number of nitrogens with zero attached hydrogens (tertiary/aromatic N) is 5. The third kappa shape index (κ3) is 3.81. The van der Waals surface area contributed by atoms with Crippen LogP contribution in [0.3, 0.4) is 0 Å². The molecule has 1 aromatic carbocycles. The number of aryl methyl sites for hydroxylation is 1. The molecule has 0 aliphatic heterocycles. The van der Waals surface area contributed by atoms with Gasteiger partial charge in [0, 0.05) is 32.9 Å². The van der Waals surface area contributed by atoms with Crippen LogP contribution in [-0.2, 0) is 0 Å². The summed E-state index contributed by atoms with van der Waals surface area (Å²) in [4.78, 5) is 25.1. The Morgan fingerprint density at radius 1 is 1.15 bits per heavy atom. The Morgan fingerprint density at radius 3 is 2.48 bits per heavy atom. The van der Waals surface area contributed by atoms with E-state index in [-0.39, 0.29) is 11.9 Å². The molecule has 0 bridgehead atoms. The third-order valence-electron chi connectivity index (χ3n) is 4.62. The van der Waals surface area contributed by atoms with Gasteiger partial charge in [0.05, 0.1) is 28.7 Å². The average molecular weight is 364 g/mol. The number of hydrogen-bond acceptors (Lipinski definition) is 5. The van der Waals surface area contributed by atoms with Gasteiger partial charge in [0.2, 0.25) is 5.95 Å². The van der Waals surface area contributed by atoms with E-state index in [9.17, 15) is 4.79 Å². The van der Waals surface area contributed by atoms with Crippen LogP contribution in [0.4, 0.5) is 5.95 Å². The summed E-state index contributed by atoms with van der Waals surface area (Å²) in [5.74, 6) is 0.460. The van der Waals surface area contributed by atoms with Gasteiger partial charge < -0.3 is 9.80 Å². The highest BCUT2D eigenvalue weighted by atomic mass is 16.2. The number of carbonyl (C=O) groups is 1. The van der Waals surface area contributed by atoms with Gasteiger partial charge >= 0.3 is 0 Å². The smallest absolute Gasteiger partial charge is 0.257 e. The number of amides is 1. The van der Waals surface area contributed by atoms with Crippen molar-refractivity contribution in [3.05, 3.63) is 59.5 Å². The first kappa shape index (κ1) is 18.6. The molecule has 0 spiro atoms. The lowest BCUT2D eigenvalue weighted by Gasteiger charge is -2.24. The van der Waals surface area contributed by atoms with Crippen molar-refractivity contribution in [2.45, 2.75) is 19.9 Å². The fourth-order valence-corrected chi connectivity index (χ4v) is 2.76. The largest absolute Gasteiger partial charge is 0.347 e. The lowest BCUT2D eigenvalue weighted by molar-refractivity contribution is 0.0738. The molecule has 0 fully saturated rings. The van der Waals surface area contributed by atoms with E-state index in [1.807, 2.05) is 69.2 Å². The van der Waals surface area contributed by atoms with Crippen molar-refractivity contribution in [3.8, 4) is 11.3 Å². The van der Waals surface area contributed by atoms with Crippen LogP contribution in [-0.4, -0.2) is 52.1 Å². The van der Waals surface area contributed by atoms with Gasteiger partial charge in [-0.2, -0.15) is 5.10 Å². The number of hydrogen-bond donors (Lipinski definition) is 1. The van der Waals surface area contributed by atoms with Gasteiger partial charge in [-0.05, 0) is 19.9 Å². The van der Waals surface area contributed by atoms with Gasteiger partial charge in [-0.1, -0.05) is 30.3 Å². The molecule has 0 aliphatic rings. The molecule has 1 N–H and O–H groups in total. The molecule has 7 heteroatoms.